The summed E-state index contributed by atoms with van der Waals surface area (Å²) in [6, 6.07) is 15.3. The molecule has 1 atom stereocenters. The van der Waals surface area contributed by atoms with Crippen molar-refractivity contribution in [1.82, 2.24) is 0 Å². The van der Waals surface area contributed by atoms with Gasteiger partial charge in [-0.2, -0.15) is 0 Å². The van der Waals surface area contributed by atoms with Gasteiger partial charge in [0.2, 0.25) is 9.84 Å². The molecular weight excluding hydrogens is 508 g/mol. The number of hydrogen-bond donors (Lipinski definition) is 1. The van der Waals surface area contributed by atoms with Crippen molar-refractivity contribution in [2.45, 2.75) is 125 Å². The third-order valence-electron chi connectivity index (χ3n) is 7.03. The molecule has 1 N–H and O–H groups in total. The molecule has 212 valence electrons. The van der Waals surface area contributed by atoms with Gasteiger partial charge in [0.1, 0.15) is 0 Å². The molecule has 1 unspecified atom stereocenters. The van der Waals surface area contributed by atoms with E-state index in [1.807, 2.05) is 23.9 Å². The van der Waals surface area contributed by atoms with Crippen LogP contribution in [0.5, 0.6) is 0 Å². The van der Waals surface area contributed by atoms with Crippen LogP contribution in [-0.4, -0.2) is 24.7 Å². The van der Waals surface area contributed by atoms with Crippen LogP contribution in [0.25, 0.3) is 12.2 Å². The maximum absolute atomic E-state index is 12.2. The van der Waals surface area contributed by atoms with Crippen molar-refractivity contribution in [2.75, 3.05) is 5.75 Å². The highest BCUT2D eigenvalue weighted by Crippen LogP contribution is 2.22. The van der Waals surface area contributed by atoms with Gasteiger partial charge in [-0.25, -0.2) is 8.42 Å². The first-order valence-corrected chi connectivity index (χ1v) is 17.4. The first-order chi connectivity index (χ1) is 18.5. The Labute approximate surface area is 237 Å². The van der Waals surface area contributed by atoms with Gasteiger partial charge in [0, 0.05) is 4.90 Å². The van der Waals surface area contributed by atoms with Crippen LogP contribution in [0.4, 0.5) is 0 Å². The van der Waals surface area contributed by atoms with Crippen LogP contribution in [0.15, 0.2) is 58.3 Å². The molecule has 3 nitrogen and oxygen atoms in total. The topological polar surface area (TPSA) is 54.4 Å². The molecule has 0 amide bonds. The number of benzene rings is 2. The Balaban J connectivity index is 1.55. The first-order valence-electron chi connectivity index (χ1n) is 14.9. The lowest BCUT2D eigenvalue weighted by Crippen LogP contribution is -2.19. The van der Waals surface area contributed by atoms with Crippen molar-refractivity contribution in [2.24, 2.45) is 0 Å². The zero-order valence-electron chi connectivity index (χ0n) is 23.7. The zero-order chi connectivity index (χ0) is 27.5. The Morgan fingerprint density at radius 3 is 1.53 bits per heavy atom. The molecule has 0 aromatic heterocycles. The van der Waals surface area contributed by atoms with E-state index in [2.05, 4.69) is 31.2 Å². The lowest BCUT2D eigenvalue weighted by atomic mass is 10.0. The Bertz CT molecular complexity index is 996. The standard InChI is InChI=1S/C33H50O3S2/c1-3-5-6-7-8-9-10-11-12-13-14-15-16-17-28-37-31-24-20-29(21-25-31)18-19-30-22-26-32(27-23-30)38(35,36)33(34)4-2/h18-27,33-34H,3-17,28H2,1-2H3. The average molecular weight is 559 g/mol. The minimum Gasteiger partial charge on any atom is -0.377 e. The summed E-state index contributed by atoms with van der Waals surface area (Å²) < 4.78 is 24.5. The van der Waals surface area contributed by atoms with Crippen LogP contribution in [-0.2, 0) is 9.84 Å². The van der Waals surface area contributed by atoms with Crippen molar-refractivity contribution >= 4 is 33.8 Å². The van der Waals surface area contributed by atoms with E-state index >= 15 is 0 Å². The molecular formula is C33H50O3S2. The minimum absolute atomic E-state index is 0.157. The van der Waals surface area contributed by atoms with Crippen molar-refractivity contribution < 1.29 is 13.5 Å². The van der Waals surface area contributed by atoms with E-state index in [9.17, 15) is 13.5 Å². The van der Waals surface area contributed by atoms with Crippen molar-refractivity contribution in [3.63, 3.8) is 0 Å². The maximum atomic E-state index is 12.2. The summed E-state index contributed by atoms with van der Waals surface area (Å²) in [5.74, 6) is 1.18. The summed E-state index contributed by atoms with van der Waals surface area (Å²) in [6.07, 6.45) is 23.7. The fraction of sp³-hybridized carbons (Fsp3) is 0.576. The second-order valence-electron chi connectivity index (χ2n) is 10.3. The van der Waals surface area contributed by atoms with Gasteiger partial charge in [-0.3, -0.25) is 0 Å². The molecule has 0 aliphatic rings. The summed E-state index contributed by atoms with van der Waals surface area (Å²) in [6.45, 7) is 3.94. The molecule has 2 aromatic rings. The Hall–Kier alpha value is -1.56. The Morgan fingerprint density at radius 2 is 1.08 bits per heavy atom. The van der Waals surface area contributed by atoms with Gasteiger partial charge in [-0.05, 0) is 54.0 Å². The molecule has 0 radical (unpaired) electrons. The number of unbranched alkanes of at least 4 members (excludes halogenated alkanes) is 13. The van der Waals surface area contributed by atoms with Gasteiger partial charge < -0.3 is 5.11 Å². The molecule has 0 spiro atoms. The summed E-state index contributed by atoms with van der Waals surface area (Å²) in [5, 5.41) is 9.74. The highest BCUT2D eigenvalue weighted by molar-refractivity contribution is 7.99. The van der Waals surface area contributed by atoms with Gasteiger partial charge in [0.05, 0.1) is 4.90 Å². The second kappa shape index (κ2) is 19.5. The van der Waals surface area contributed by atoms with Crippen LogP contribution in [0.1, 0.15) is 121 Å². The summed E-state index contributed by atoms with van der Waals surface area (Å²) in [4.78, 5) is 1.46. The number of aliphatic hydroxyl groups is 1. The maximum Gasteiger partial charge on any atom is 0.204 e. The molecule has 5 heteroatoms. The van der Waals surface area contributed by atoms with E-state index in [1.54, 1.807) is 31.2 Å². The van der Waals surface area contributed by atoms with Gasteiger partial charge in [0.15, 0.2) is 5.44 Å². The first kappa shape index (κ1) is 32.7. The Morgan fingerprint density at radius 1 is 0.658 bits per heavy atom. The monoisotopic (exact) mass is 558 g/mol. The van der Waals surface area contributed by atoms with E-state index in [4.69, 9.17) is 0 Å². The molecule has 0 fully saturated rings. The number of sulfone groups is 1. The fourth-order valence-corrected chi connectivity index (χ4v) is 6.68. The number of rotatable bonds is 21. The molecule has 0 aliphatic heterocycles. The highest BCUT2D eigenvalue weighted by atomic mass is 32.2. The second-order valence-corrected chi connectivity index (χ2v) is 13.6. The molecule has 38 heavy (non-hydrogen) atoms. The summed E-state index contributed by atoms with van der Waals surface area (Å²) in [7, 11) is -3.67. The lowest BCUT2D eigenvalue weighted by Gasteiger charge is -2.09. The van der Waals surface area contributed by atoms with Crippen LogP contribution in [0, 0.1) is 0 Å². The van der Waals surface area contributed by atoms with Crippen molar-refractivity contribution in [3.05, 3.63) is 59.7 Å². The summed E-state index contributed by atoms with van der Waals surface area (Å²) in [5.41, 5.74) is 0.685. The molecule has 0 aliphatic carbocycles. The third kappa shape index (κ3) is 13.0. The smallest absolute Gasteiger partial charge is 0.204 e. The zero-order valence-corrected chi connectivity index (χ0v) is 25.4. The van der Waals surface area contributed by atoms with E-state index in [-0.39, 0.29) is 11.3 Å². The van der Waals surface area contributed by atoms with Gasteiger partial charge >= 0.3 is 0 Å². The molecule has 2 aromatic carbocycles. The van der Waals surface area contributed by atoms with E-state index in [1.165, 1.54) is 101 Å². The molecule has 0 saturated carbocycles. The fourth-order valence-electron chi connectivity index (χ4n) is 4.50. The molecule has 0 heterocycles. The van der Waals surface area contributed by atoms with Crippen LogP contribution in [0.2, 0.25) is 0 Å². The molecule has 0 bridgehead atoms. The largest absolute Gasteiger partial charge is 0.377 e. The van der Waals surface area contributed by atoms with Crippen molar-refractivity contribution in [1.29, 1.82) is 0 Å². The molecule has 2 rings (SSSR count). The number of hydrogen-bond acceptors (Lipinski definition) is 4. The minimum atomic E-state index is -3.67. The molecule has 0 saturated heterocycles. The number of aliphatic hydroxyl groups excluding tert-OH is 1. The van der Waals surface area contributed by atoms with Crippen LogP contribution in [0.3, 0.4) is 0 Å². The van der Waals surface area contributed by atoms with E-state index in [0.717, 1.165) is 11.1 Å². The SMILES string of the molecule is CCCCCCCCCCCCCCCCSc1ccc(C=Cc2ccc(S(=O)(=O)C(O)CC)cc2)cc1. The lowest BCUT2D eigenvalue weighted by molar-refractivity contribution is 0.244. The van der Waals surface area contributed by atoms with Gasteiger partial charge in [-0.15, -0.1) is 11.8 Å². The van der Waals surface area contributed by atoms with E-state index in [0.29, 0.717) is 0 Å². The predicted molar refractivity (Wildman–Crippen MR) is 166 cm³/mol. The van der Waals surface area contributed by atoms with Gasteiger partial charge in [0.25, 0.3) is 0 Å². The van der Waals surface area contributed by atoms with E-state index < -0.39 is 15.3 Å². The average Bonchev–Trinajstić information content (AvgIpc) is 2.94. The quantitative estimate of drug-likeness (QED) is 0.0941. The third-order valence-corrected chi connectivity index (χ3v) is 10.1. The highest BCUT2D eigenvalue weighted by Gasteiger charge is 2.23. The van der Waals surface area contributed by atoms with Crippen molar-refractivity contribution in [3.8, 4) is 0 Å². The normalized spacial score (nSPS) is 12.8. The predicted octanol–water partition coefficient (Wildman–Crippen LogP) is 9.93. The summed E-state index contributed by atoms with van der Waals surface area (Å²) >= 11 is 1.93. The Kier molecular flexibility index (Phi) is 16.7. The van der Waals surface area contributed by atoms with Crippen LogP contribution >= 0.6 is 11.8 Å². The number of thioether (sulfide) groups is 1. The van der Waals surface area contributed by atoms with Crippen LogP contribution < -0.4 is 0 Å². The van der Waals surface area contributed by atoms with Gasteiger partial charge in [-0.1, -0.05) is 134 Å².